The van der Waals surface area contributed by atoms with Crippen LogP contribution in [0.15, 0.2) is 18.2 Å². The predicted octanol–water partition coefficient (Wildman–Crippen LogP) is 1.27. The zero-order valence-corrected chi connectivity index (χ0v) is 11.3. The van der Waals surface area contributed by atoms with E-state index in [1.807, 2.05) is 0 Å². The molecule has 3 amide bonds. The van der Waals surface area contributed by atoms with Crippen LogP contribution in [0.2, 0.25) is 0 Å². The number of ether oxygens (including phenoxy) is 2. The number of hydrogen-bond donors (Lipinski definition) is 0. The number of nitrogens with zero attached hydrogens (tertiary/aromatic N) is 2. The van der Waals surface area contributed by atoms with Crippen molar-refractivity contribution in [1.82, 2.24) is 9.80 Å². The number of carbonyl (C=O) groups excluding carboxylic acids is 2. The van der Waals surface area contributed by atoms with Crippen molar-refractivity contribution in [2.75, 3.05) is 28.3 Å². The van der Waals surface area contributed by atoms with Gasteiger partial charge in [-0.05, 0) is 17.7 Å². The van der Waals surface area contributed by atoms with Crippen molar-refractivity contribution in [3.8, 4) is 11.5 Å². The standard InChI is InChI=1S/C13H16N2O4/c1-14-11(12(16)15(2)13(14)17)8-5-6-9(18-3)10(7-8)19-4/h5-7,11H,1-4H3. The number of imide groups is 1. The van der Waals surface area contributed by atoms with Crippen LogP contribution < -0.4 is 9.47 Å². The molecule has 6 heteroatoms. The Labute approximate surface area is 111 Å². The van der Waals surface area contributed by atoms with Crippen LogP contribution >= 0.6 is 0 Å². The van der Waals surface area contributed by atoms with Crippen LogP contribution in [-0.2, 0) is 4.79 Å². The molecule has 1 aromatic rings. The molecule has 0 aliphatic carbocycles. The highest BCUT2D eigenvalue weighted by Gasteiger charge is 2.41. The van der Waals surface area contributed by atoms with Crippen LogP contribution in [0, 0.1) is 0 Å². The maximum absolute atomic E-state index is 12.1. The van der Waals surface area contributed by atoms with Crippen LogP contribution in [0.3, 0.4) is 0 Å². The average Bonchev–Trinajstić information content (AvgIpc) is 2.62. The molecule has 1 aliphatic heterocycles. The monoisotopic (exact) mass is 264 g/mol. The van der Waals surface area contributed by atoms with Gasteiger partial charge in [0.15, 0.2) is 11.5 Å². The molecule has 1 fully saturated rings. The molecule has 0 saturated carbocycles. The molecule has 1 aliphatic rings. The first-order valence-corrected chi connectivity index (χ1v) is 5.77. The summed E-state index contributed by atoms with van der Waals surface area (Å²) in [6.07, 6.45) is 0. The maximum atomic E-state index is 12.1. The lowest BCUT2D eigenvalue weighted by Crippen LogP contribution is -2.27. The van der Waals surface area contributed by atoms with Gasteiger partial charge >= 0.3 is 6.03 Å². The van der Waals surface area contributed by atoms with Crippen LogP contribution in [0.25, 0.3) is 0 Å². The van der Waals surface area contributed by atoms with E-state index in [9.17, 15) is 9.59 Å². The zero-order chi connectivity index (χ0) is 14.2. The van der Waals surface area contributed by atoms with Gasteiger partial charge in [0.2, 0.25) is 0 Å². The number of urea groups is 1. The summed E-state index contributed by atoms with van der Waals surface area (Å²) >= 11 is 0. The lowest BCUT2D eigenvalue weighted by atomic mass is 10.1. The van der Waals surface area contributed by atoms with Crippen molar-refractivity contribution in [3.05, 3.63) is 23.8 Å². The lowest BCUT2D eigenvalue weighted by molar-refractivity contribution is -0.127. The summed E-state index contributed by atoms with van der Waals surface area (Å²) in [4.78, 5) is 26.3. The second-order valence-corrected chi connectivity index (χ2v) is 4.31. The van der Waals surface area contributed by atoms with E-state index in [1.54, 1.807) is 32.4 Å². The molecule has 0 bridgehead atoms. The van der Waals surface area contributed by atoms with Gasteiger partial charge in [0.25, 0.3) is 5.91 Å². The van der Waals surface area contributed by atoms with E-state index in [1.165, 1.54) is 19.1 Å². The summed E-state index contributed by atoms with van der Waals surface area (Å²) in [7, 11) is 6.15. The molecule has 0 radical (unpaired) electrons. The molecule has 0 spiro atoms. The number of amides is 3. The number of hydrogen-bond acceptors (Lipinski definition) is 4. The first-order valence-electron chi connectivity index (χ1n) is 5.77. The van der Waals surface area contributed by atoms with Gasteiger partial charge in [-0.1, -0.05) is 6.07 Å². The molecule has 1 unspecified atom stereocenters. The summed E-state index contributed by atoms with van der Waals surface area (Å²) < 4.78 is 10.4. The normalized spacial score (nSPS) is 19.1. The second-order valence-electron chi connectivity index (χ2n) is 4.31. The second kappa shape index (κ2) is 4.79. The van der Waals surface area contributed by atoms with Crippen molar-refractivity contribution in [2.45, 2.75) is 6.04 Å². The highest BCUT2D eigenvalue weighted by molar-refractivity contribution is 6.04. The first kappa shape index (κ1) is 13.2. The van der Waals surface area contributed by atoms with E-state index in [2.05, 4.69) is 0 Å². The first-order chi connectivity index (χ1) is 9.01. The van der Waals surface area contributed by atoms with Crippen molar-refractivity contribution in [1.29, 1.82) is 0 Å². The van der Waals surface area contributed by atoms with E-state index in [-0.39, 0.29) is 11.9 Å². The summed E-state index contributed by atoms with van der Waals surface area (Å²) in [5.41, 5.74) is 0.697. The molecule has 0 N–H and O–H groups in total. The number of carbonyl (C=O) groups is 2. The molecule has 19 heavy (non-hydrogen) atoms. The third-order valence-electron chi connectivity index (χ3n) is 3.26. The summed E-state index contributed by atoms with van der Waals surface area (Å²) in [6, 6.07) is 4.26. The number of benzene rings is 1. The van der Waals surface area contributed by atoms with E-state index in [0.717, 1.165) is 4.90 Å². The van der Waals surface area contributed by atoms with Gasteiger partial charge in [-0.25, -0.2) is 4.79 Å². The predicted molar refractivity (Wildman–Crippen MR) is 68.2 cm³/mol. The minimum Gasteiger partial charge on any atom is -0.493 e. The fraction of sp³-hybridized carbons (Fsp3) is 0.385. The Morgan fingerprint density at radius 3 is 2.16 bits per heavy atom. The Kier molecular flexibility index (Phi) is 3.33. The van der Waals surface area contributed by atoms with Crippen LogP contribution in [0.4, 0.5) is 4.79 Å². The van der Waals surface area contributed by atoms with Gasteiger partial charge in [0, 0.05) is 14.1 Å². The summed E-state index contributed by atoms with van der Waals surface area (Å²) in [5.74, 6) is 0.863. The third kappa shape index (κ3) is 1.99. The van der Waals surface area contributed by atoms with Gasteiger partial charge in [-0.15, -0.1) is 0 Å². The zero-order valence-electron chi connectivity index (χ0n) is 11.3. The third-order valence-corrected chi connectivity index (χ3v) is 3.26. The maximum Gasteiger partial charge on any atom is 0.327 e. The quantitative estimate of drug-likeness (QED) is 0.771. The van der Waals surface area contributed by atoms with Gasteiger partial charge in [-0.2, -0.15) is 0 Å². The highest BCUT2D eigenvalue weighted by Crippen LogP contribution is 2.34. The van der Waals surface area contributed by atoms with Crippen LogP contribution in [0.1, 0.15) is 11.6 Å². The van der Waals surface area contributed by atoms with Gasteiger partial charge in [0.1, 0.15) is 6.04 Å². The fourth-order valence-electron chi connectivity index (χ4n) is 2.18. The average molecular weight is 264 g/mol. The van der Waals surface area contributed by atoms with E-state index < -0.39 is 6.04 Å². The van der Waals surface area contributed by atoms with E-state index in [4.69, 9.17) is 9.47 Å². The molecular formula is C13H16N2O4. The molecule has 2 rings (SSSR count). The fourth-order valence-corrected chi connectivity index (χ4v) is 2.18. The van der Waals surface area contributed by atoms with E-state index in [0.29, 0.717) is 17.1 Å². The molecule has 6 nitrogen and oxygen atoms in total. The molecule has 0 aromatic heterocycles. The van der Waals surface area contributed by atoms with Crippen molar-refractivity contribution in [2.24, 2.45) is 0 Å². The summed E-state index contributed by atoms with van der Waals surface area (Å²) in [5, 5.41) is 0. The van der Waals surface area contributed by atoms with Crippen molar-refractivity contribution < 1.29 is 19.1 Å². The van der Waals surface area contributed by atoms with Crippen molar-refractivity contribution in [3.63, 3.8) is 0 Å². The Morgan fingerprint density at radius 2 is 1.68 bits per heavy atom. The Hall–Kier alpha value is -2.24. The molecule has 1 aromatic carbocycles. The molecule has 1 atom stereocenters. The number of rotatable bonds is 3. The largest absolute Gasteiger partial charge is 0.493 e. The lowest BCUT2D eigenvalue weighted by Gasteiger charge is -2.18. The smallest absolute Gasteiger partial charge is 0.327 e. The van der Waals surface area contributed by atoms with Gasteiger partial charge in [-0.3, -0.25) is 9.69 Å². The van der Waals surface area contributed by atoms with Gasteiger partial charge in [0.05, 0.1) is 14.2 Å². The highest BCUT2D eigenvalue weighted by atomic mass is 16.5. The minimum atomic E-state index is -0.614. The molecule has 1 heterocycles. The Bertz CT molecular complexity index is 529. The summed E-state index contributed by atoms with van der Waals surface area (Å²) in [6.45, 7) is 0. The number of methoxy groups -OCH3 is 2. The Morgan fingerprint density at radius 1 is 1.05 bits per heavy atom. The topological polar surface area (TPSA) is 59.1 Å². The molecule has 102 valence electrons. The Balaban J connectivity index is 2.42. The van der Waals surface area contributed by atoms with Crippen LogP contribution in [0.5, 0.6) is 11.5 Å². The van der Waals surface area contributed by atoms with E-state index >= 15 is 0 Å². The molecular weight excluding hydrogens is 248 g/mol. The molecule has 1 saturated heterocycles. The van der Waals surface area contributed by atoms with Gasteiger partial charge < -0.3 is 14.4 Å². The number of likely N-dealkylation sites (N-methyl/N-ethyl adjacent to an activating group) is 2. The van der Waals surface area contributed by atoms with Crippen molar-refractivity contribution >= 4 is 11.9 Å². The minimum absolute atomic E-state index is 0.250. The SMILES string of the molecule is COc1ccc(C2C(=O)N(C)C(=O)N2C)cc1OC. The van der Waals surface area contributed by atoms with Crippen LogP contribution in [-0.4, -0.2) is 50.1 Å².